The predicted molar refractivity (Wildman–Crippen MR) is 564 cm³/mol. The molecule has 10 rings (SSSR count). The number of alkyl halides is 2. The SMILES string of the molecule is C#C.CC(C)N(C(C)C)P(C)Cl.CCC1(CC)COC(c2ccc(CNC(=O)CCC(C)(C)SSCCCCO)cc2)OC1.[2H]C[C@H]1O[C@@H](n2ccc(NC(=O)COc3ccccc3)nc2=O)[C@@H](F)C1O.[2H]C[C@H]1O[C@@H](n2ccc(NC(=O)COc3ccccc3)nc2=O)[C@@H](F)C1OP(OCCCCSSC(C)(C)CCC(=O)NCc1ccc(C2OCC(CC)(CC)CO2)cc1)N(C(C)C)C(C)C.[3H]OC.[3H]OC. The van der Waals surface area contributed by atoms with Gasteiger partial charge >= 0.3 is 11.4 Å². The lowest BCUT2D eigenvalue weighted by Crippen LogP contribution is -2.38. The number of unbranched alkanes of at least 4 members (excludes halogenated alkanes) is 2. The number of nitrogens with zero attached hydrogens (tertiary/aromatic N) is 6. The molecule has 786 valence electrons. The van der Waals surface area contributed by atoms with E-state index in [0.717, 1.165) is 120 Å². The summed E-state index contributed by atoms with van der Waals surface area (Å²) >= 11 is 6.02. The summed E-state index contributed by atoms with van der Waals surface area (Å²) in [4.78, 5) is 82.3. The molecule has 6 heterocycles. The molecule has 30 nitrogen and oxygen atoms in total. The number of hydrogen-bond donors (Lipinski definition) is 8. The number of para-hydroxylation sites is 2. The van der Waals surface area contributed by atoms with E-state index in [1.54, 1.807) is 70.1 Å². The molecular formula is C101H157ClF2N10O20P2S4. The number of carbonyl (C=O) groups is 4. The molecule has 4 amide bonds. The molecule has 4 aliphatic rings. The van der Waals surface area contributed by atoms with Crippen LogP contribution in [0.5, 0.6) is 11.5 Å². The molecule has 4 aromatic carbocycles. The third-order valence-electron chi connectivity index (χ3n) is 22.9. The minimum absolute atomic E-state index is 0.00650. The lowest BCUT2D eigenvalue weighted by atomic mass is 9.83. The molecule has 4 aliphatic heterocycles. The van der Waals surface area contributed by atoms with Crippen molar-refractivity contribution in [2.75, 3.05) is 95.9 Å². The Morgan fingerprint density at radius 2 is 0.971 bits per heavy atom. The monoisotopic (exact) mass is 2100 g/mol. The lowest BCUT2D eigenvalue weighted by Gasteiger charge is -2.39. The van der Waals surface area contributed by atoms with Crippen molar-refractivity contribution in [1.29, 1.82) is 2.86 Å². The van der Waals surface area contributed by atoms with Gasteiger partial charge in [-0.1, -0.05) is 167 Å². The van der Waals surface area contributed by atoms with E-state index in [2.05, 4.69) is 153 Å². The zero-order valence-electron chi connectivity index (χ0n) is 88.9. The number of ether oxygens (including phenoxy) is 8. The lowest BCUT2D eigenvalue weighted by molar-refractivity contribution is -0.235. The van der Waals surface area contributed by atoms with Crippen LogP contribution >= 0.6 is 70.4 Å². The summed E-state index contributed by atoms with van der Waals surface area (Å²) in [6.07, 6.45) is 8.95. The van der Waals surface area contributed by atoms with Crippen molar-refractivity contribution < 1.29 is 98.1 Å². The zero-order valence-corrected chi connectivity index (χ0v) is 90.7. The highest BCUT2D eigenvalue weighted by Crippen LogP contribution is 2.52. The van der Waals surface area contributed by atoms with Gasteiger partial charge in [0.15, 0.2) is 50.6 Å². The normalized spacial score (nSPS) is 19.7. The fraction of sp³-hybridized carbons (Fsp3) is 0.624. The van der Waals surface area contributed by atoms with E-state index in [9.17, 15) is 38.3 Å². The third kappa shape index (κ3) is 43.7. The van der Waals surface area contributed by atoms with Crippen molar-refractivity contribution in [3.63, 3.8) is 0 Å². The van der Waals surface area contributed by atoms with Gasteiger partial charge in [0.2, 0.25) is 14.7 Å². The topological polar surface area (TPSA) is 366 Å². The van der Waals surface area contributed by atoms with E-state index >= 15 is 4.39 Å². The summed E-state index contributed by atoms with van der Waals surface area (Å²) in [5.74, 6) is 1.97. The molecule has 6 aromatic rings. The maximum atomic E-state index is 16.4. The largest absolute Gasteiger partial charge is 0.484 e. The maximum Gasteiger partial charge on any atom is 0.351 e. The molecule has 4 fully saturated rings. The Hall–Kier alpha value is -6.47. The molecule has 4 saturated heterocycles. The van der Waals surface area contributed by atoms with Crippen molar-refractivity contribution in [3.05, 3.63) is 177 Å². The van der Waals surface area contributed by atoms with Crippen LogP contribution in [0.25, 0.3) is 0 Å². The summed E-state index contributed by atoms with van der Waals surface area (Å²) in [5.41, 5.74) is 2.65. The number of hydrogen-bond acceptors (Lipinski definition) is 28. The number of halogens is 3. The van der Waals surface area contributed by atoms with Crippen LogP contribution in [0.1, 0.15) is 252 Å². The van der Waals surface area contributed by atoms with E-state index in [4.69, 9.17) is 68.9 Å². The van der Waals surface area contributed by atoms with Crippen LogP contribution in [0.15, 0.2) is 143 Å². The molecule has 0 saturated carbocycles. The van der Waals surface area contributed by atoms with E-state index in [1.165, 1.54) is 38.7 Å². The fourth-order valence-corrected chi connectivity index (χ4v) is 24.1. The number of nitrogens with one attached hydrogen (secondary N) is 4. The number of aliphatic hydroxyl groups excluding tert-OH is 4. The van der Waals surface area contributed by atoms with Gasteiger partial charge in [0.1, 0.15) is 35.3 Å². The van der Waals surface area contributed by atoms with Gasteiger partial charge in [-0.15, -0.1) is 12.8 Å². The number of aromatic nitrogens is 4. The van der Waals surface area contributed by atoms with Crippen molar-refractivity contribution in [2.24, 2.45) is 10.8 Å². The molecule has 8 N–H and O–H groups in total. The van der Waals surface area contributed by atoms with Crippen LogP contribution in [0.3, 0.4) is 0 Å². The number of terminal acetylenes is 1. The Morgan fingerprint density at radius 3 is 1.31 bits per heavy atom. The van der Waals surface area contributed by atoms with Crippen LogP contribution in [-0.4, -0.2) is 231 Å². The van der Waals surface area contributed by atoms with Gasteiger partial charge < -0.3 is 88.6 Å². The van der Waals surface area contributed by atoms with E-state index < -0.39 is 88.4 Å². The Morgan fingerprint density at radius 1 is 0.593 bits per heavy atom. The van der Waals surface area contributed by atoms with Crippen LogP contribution in [0, 0.1) is 23.7 Å². The first-order chi connectivity index (χ1) is 68.7. The van der Waals surface area contributed by atoms with Gasteiger partial charge in [-0.3, -0.25) is 33.0 Å². The number of benzene rings is 4. The van der Waals surface area contributed by atoms with Gasteiger partial charge in [0, 0.05) is 129 Å². The quantitative estimate of drug-likeness (QED) is 0.00761. The first kappa shape index (κ1) is 119. The van der Waals surface area contributed by atoms with Crippen LogP contribution < -0.4 is 42.1 Å². The number of aliphatic hydroxyl groups is 4. The predicted octanol–water partition coefficient (Wildman–Crippen LogP) is 19.6. The molecule has 2 aromatic heterocycles. The second-order valence-corrected chi connectivity index (χ2v) is 46.3. The molecule has 39 heteroatoms. The highest BCUT2D eigenvalue weighted by molar-refractivity contribution is 8.77. The van der Waals surface area contributed by atoms with E-state index in [1.807, 2.05) is 110 Å². The highest BCUT2D eigenvalue weighted by atomic mass is 35.7. The average Bonchev–Trinajstić information content (AvgIpc) is 1.57. The van der Waals surface area contributed by atoms with E-state index in [-0.39, 0.29) is 102 Å². The Kier molecular flexibility index (Phi) is 56.5. The molecule has 0 radical (unpaired) electrons. The molecule has 10 atom stereocenters. The van der Waals surface area contributed by atoms with Gasteiger partial charge in [0.05, 0.1) is 52.7 Å². The summed E-state index contributed by atoms with van der Waals surface area (Å²) in [6, 6.07) is 37.6. The fourth-order valence-electron chi connectivity index (χ4n) is 14.5. The van der Waals surface area contributed by atoms with Gasteiger partial charge in [-0.25, -0.2) is 23.0 Å². The second-order valence-electron chi connectivity index (χ2n) is 35.9. The minimum atomic E-state index is -1.86. The number of rotatable bonds is 48. The second kappa shape index (κ2) is 66.6. The van der Waals surface area contributed by atoms with Crippen molar-refractivity contribution in [1.82, 2.24) is 39.1 Å². The van der Waals surface area contributed by atoms with Crippen molar-refractivity contribution in [3.8, 4) is 24.3 Å². The zero-order chi connectivity index (χ0) is 107. The molecule has 0 spiro atoms. The van der Waals surface area contributed by atoms with Gasteiger partial charge in [-0.2, -0.15) is 9.97 Å². The van der Waals surface area contributed by atoms with E-state index in [0.29, 0.717) is 69.3 Å². The first-order valence-corrected chi connectivity index (χ1v) is 55.9. The maximum absolute atomic E-state index is 16.4. The smallest absolute Gasteiger partial charge is 0.351 e. The summed E-state index contributed by atoms with van der Waals surface area (Å²) in [7, 11) is 7.58. The molecule has 0 aliphatic carbocycles. The van der Waals surface area contributed by atoms with Crippen LogP contribution in [0.4, 0.5) is 20.4 Å². The van der Waals surface area contributed by atoms with Gasteiger partial charge in [0.25, 0.3) is 20.3 Å². The Labute approximate surface area is 858 Å². The summed E-state index contributed by atoms with van der Waals surface area (Å²) < 4.78 is 122. The number of anilines is 2. The number of amides is 4. The molecule has 4 unspecified atom stereocenters. The standard InChI is InChI=1S/C48H71FN5O9PS2.C25H41NO4S2.C17H18FN3O5.C7H17ClNP.C2H2.2CH4O/c1-10-48(11-2)31-59-45(60-32-48)37-21-19-36(20-22-37)29-50-40(55)23-25-47(8,9)66-65-28-16-15-27-61-64(54(33(3)4)34(5)6)63-43-35(7)62-44(42(43)49)53-26-24-39(52-46(53)57)51-41(56)30-58-38-17-13-12-14-18-38;1-5-25(6-2)18-29-23(30-19-25)21-11-9-20(10-12-21)17-26-22(28)13-14-24(3,4)32-31-16-8-7-15-27;1-10-15(23)14(18)16(26-10)21-8-7-12(20-17(21)24)19-13(22)9-25-11-5-3-2-4-6-11;1-6(2)9(7(3)4)10(5)8;3*1-2/h12-14,17-22,24,26,33-35,42-45H,10-11,15-16,23,25,27-32H2,1-9H3,(H,50,55)(H,51,52,56,57);9-12,23,27H,5-8,13-19H2,1-4H3,(H,26,28);2-8,10,14-16,23H,9H2,1H3,(H,19,20,22,24);6-7H,1-5H3;1-2H;2*2H,1H3/t35-,42+,43?,44-,64?;;10-,14+,15?,16-;;;;/m1.1..../s1/i7D;;1D;;;2*2T. The first-order valence-electron chi connectivity index (χ1n) is 49.7. The summed E-state index contributed by atoms with van der Waals surface area (Å²) in [6.45, 7) is 39.6. The minimum Gasteiger partial charge on any atom is -0.484 e. The van der Waals surface area contributed by atoms with Crippen molar-refractivity contribution >= 4 is 106 Å². The third-order valence-corrected chi connectivity index (χ3v) is 34.0. The van der Waals surface area contributed by atoms with Crippen LogP contribution in [-0.2, 0) is 69.7 Å². The van der Waals surface area contributed by atoms with Gasteiger partial charge in [-0.05, 0) is 215 Å². The molecule has 0 bridgehead atoms. The Balaban J connectivity index is 0.000000461. The average molecular weight is 2100 g/mol. The Bertz CT molecular complexity index is 4680. The number of carbonyl (C=O) groups excluding carboxylic acids is 4. The van der Waals surface area contributed by atoms with Crippen molar-refractivity contribution in [2.45, 2.75) is 310 Å². The molecular weight excluding hydrogens is 1940 g/mol. The molecule has 140 heavy (non-hydrogen) atoms. The highest BCUT2D eigenvalue weighted by Gasteiger charge is 2.49. The summed E-state index contributed by atoms with van der Waals surface area (Å²) in [5, 5.41) is 36.5. The van der Waals surface area contributed by atoms with Crippen LogP contribution in [0.2, 0.25) is 0 Å².